The van der Waals surface area contributed by atoms with E-state index in [-0.39, 0.29) is 0 Å². The van der Waals surface area contributed by atoms with Crippen LogP contribution in [0.25, 0.3) is 11.1 Å². The van der Waals surface area contributed by atoms with Gasteiger partial charge in [0.2, 0.25) is 0 Å². The van der Waals surface area contributed by atoms with E-state index in [0.29, 0.717) is 5.82 Å². The van der Waals surface area contributed by atoms with Crippen LogP contribution in [0.5, 0.6) is 0 Å². The van der Waals surface area contributed by atoms with Crippen LogP contribution in [0.15, 0.2) is 42.9 Å². The average molecular weight is 186 g/mol. The van der Waals surface area contributed by atoms with Crippen molar-refractivity contribution in [1.29, 1.82) is 0 Å². The van der Waals surface area contributed by atoms with Gasteiger partial charge in [-0.1, -0.05) is 6.07 Å². The average Bonchev–Trinajstić information content (AvgIpc) is 2.30. The topological polar surface area (TPSA) is 63.8 Å². The number of nitrogens with one attached hydrogen (secondary N) is 1. The van der Waals surface area contributed by atoms with E-state index in [4.69, 9.17) is 5.84 Å². The van der Waals surface area contributed by atoms with Gasteiger partial charge in [-0.15, -0.1) is 0 Å². The van der Waals surface area contributed by atoms with E-state index < -0.39 is 0 Å². The maximum atomic E-state index is 5.21. The summed E-state index contributed by atoms with van der Waals surface area (Å²) in [5.41, 5.74) is 4.55. The normalized spacial score (nSPS) is 9.79. The van der Waals surface area contributed by atoms with E-state index in [1.54, 1.807) is 18.6 Å². The Labute approximate surface area is 81.8 Å². The molecule has 0 aromatic carbocycles. The molecule has 14 heavy (non-hydrogen) atoms. The molecule has 0 aliphatic carbocycles. The Bertz CT molecular complexity index is 396. The molecule has 70 valence electrons. The van der Waals surface area contributed by atoms with Gasteiger partial charge in [0.25, 0.3) is 0 Å². The van der Waals surface area contributed by atoms with Crippen molar-refractivity contribution in [2.24, 2.45) is 5.84 Å². The quantitative estimate of drug-likeness (QED) is 0.550. The molecule has 2 aromatic heterocycles. The first kappa shape index (κ1) is 8.65. The van der Waals surface area contributed by atoms with Crippen LogP contribution in [0.2, 0.25) is 0 Å². The van der Waals surface area contributed by atoms with Gasteiger partial charge in [0, 0.05) is 29.7 Å². The molecule has 2 rings (SSSR count). The number of nitrogens with two attached hydrogens (primary N) is 1. The molecular formula is C10H10N4. The zero-order valence-corrected chi connectivity index (χ0v) is 7.51. The summed E-state index contributed by atoms with van der Waals surface area (Å²) < 4.78 is 0. The SMILES string of the molecule is NNc1ccc(-c2cccnc2)cn1. The summed E-state index contributed by atoms with van der Waals surface area (Å²) in [6.45, 7) is 0. The van der Waals surface area contributed by atoms with Crippen molar-refractivity contribution in [2.75, 3.05) is 5.43 Å². The molecule has 0 spiro atoms. The number of aromatic nitrogens is 2. The van der Waals surface area contributed by atoms with Crippen LogP contribution in [0.4, 0.5) is 5.82 Å². The summed E-state index contributed by atoms with van der Waals surface area (Å²) in [6, 6.07) is 7.64. The lowest BCUT2D eigenvalue weighted by Gasteiger charge is -2.01. The predicted molar refractivity (Wildman–Crippen MR) is 55.3 cm³/mol. The summed E-state index contributed by atoms with van der Waals surface area (Å²) in [7, 11) is 0. The maximum Gasteiger partial charge on any atom is 0.139 e. The van der Waals surface area contributed by atoms with Gasteiger partial charge in [-0.2, -0.15) is 0 Å². The molecule has 4 heteroatoms. The van der Waals surface area contributed by atoms with Gasteiger partial charge in [0.1, 0.15) is 5.82 Å². The van der Waals surface area contributed by atoms with Gasteiger partial charge in [-0.25, -0.2) is 10.8 Å². The number of hydrazine groups is 1. The smallest absolute Gasteiger partial charge is 0.139 e. The second-order valence-corrected chi connectivity index (χ2v) is 2.82. The Kier molecular flexibility index (Phi) is 2.38. The number of nitrogens with zero attached hydrogens (tertiary/aromatic N) is 2. The van der Waals surface area contributed by atoms with Gasteiger partial charge in [-0.05, 0) is 18.2 Å². The number of hydrogen-bond acceptors (Lipinski definition) is 4. The molecule has 0 saturated heterocycles. The molecule has 2 heterocycles. The molecule has 0 amide bonds. The number of anilines is 1. The third kappa shape index (κ3) is 1.70. The molecule has 0 bridgehead atoms. The summed E-state index contributed by atoms with van der Waals surface area (Å²) in [5.74, 6) is 5.86. The first-order valence-corrected chi connectivity index (χ1v) is 4.23. The van der Waals surface area contributed by atoms with Crippen molar-refractivity contribution in [3.63, 3.8) is 0 Å². The highest BCUT2D eigenvalue weighted by molar-refractivity contribution is 5.62. The van der Waals surface area contributed by atoms with Crippen LogP contribution < -0.4 is 11.3 Å². The molecule has 0 atom stereocenters. The van der Waals surface area contributed by atoms with Crippen molar-refractivity contribution in [1.82, 2.24) is 9.97 Å². The predicted octanol–water partition coefficient (Wildman–Crippen LogP) is 1.43. The Balaban J connectivity index is 2.34. The molecule has 0 saturated carbocycles. The largest absolute Gasteiger partial charge is 0.308 e. The van der Waals surface area contributed by atoms with Crippen LogP contribution in [0.3, 0.4) is 0 Å². The second kappa shape index (κ2) is 3.85. The fourth-order valence-corrected chi connectivity index (χ4v) is 1.18. The molecule has 0 radical (unpaired) electrons. The lowest BCUT2D eigenvalue weighted by atomic mass is 10.1. The van der Waals surface area contributed by atoms with Gasteiger partial charge in [0.05, 0.1) is 0 Å². The van der Waals surface area contributed by atoms with Crippen LogP contribution in [-0.4, -0.2) is 9.97 Å². The molecule has 0 aliphatic heterocycles. The van der Waals surface area contributed by atoms with E-state index in [1.807, 2.05) is 24.3 Å². The Morgan fingerprint density at radius 1 is 1.07 bits per heavy atom. The number of nitrogen functional groups attached to an aromatic ring is 1. The molecule has 4 nitrogen and oxygen atoms in total. The van der Waals surface area contributed by atoms with E-state index in [2.05, 4.69) is 15.4 Å². The number of hydrogen-bond donors (Lipinski definition) is 2. The standard InChI is InChI=1S/C10H10N4/c11-14-10-4-3-9(7-13-10)8-2-1-5-12-6-8/h1-7H,11H2,(H,13,14). The van der Waals surface area contributed by atoms with Gasteiger partial charge in [-0.3, -0.25) is 4.98 Å². The van der Waals surface area contributed by atoms with Crippen molar-refractivity contribution in [3.8, 4) is 11.1 Å². The highest BCUT2D eigenvalue weighted by atomic mass is 15.2. The van der Waals surface area contributed by atoms with Crippen molar-refractivity contribution >= 4 is 5.82 Å². The maximum absolute atomic E-state index is 5.21. The van der Waals surface area contributed by atoms with Gasteiger partial charge >= 0.3 is 0 Å². The third-order valence-corrected chi connectivity index (χ3v) is 1.91. The monoisotopic (exact) mass is 186 g/mol. The highest BCUT2D eigenvalue weighted by Crippen LogP contribution is 2.17. The minimum atomic E-state index is 0.651. The first-order chi connectivity index (χ1) is 6.90. The lowest BCUT2D eigenvalue weighted by Crippen LogP contribution is -2.07. The summed E-state index contributed by atoms with van der Waals surface area (Å²) in [5, 5.41) is 0. The minimum absolute atomic E-state index is 0.651. The van der Waals surface area contributed by atoms with Gasteiger partial charge in [0.15, 0.2) is 0 Å². The number of pyridine rings is 2. The Morgan fingerprint density at radius 3 is 2.50 bits per heavy atom. The Hall–Kier alpha value is -1.94. The van der Waals surface area contributed by atoms with E-state index in [0.717, 1.165) is 11.1 Å². The first-order valence-electron chi connectivity index (χ1n) is 4.23. The zero-order valence-electron chi connectivity index (χ0n) is 7.51. The zero-order chi connectivity index (χ0) is 9.80. The molecule has 0 unspecified atom stereocenters. The van der Waals surface area contributed by atoms with Crippen LogP contribution in [0.1, 0.15) is 0 Å². The van der Waals surface area contributed by atoms with Crippen LogP contribution >= 0.6 is 0 Å². The molecule has 0 aliphatic rings. The van der Waals surface area contributed by atoms with E-state index in [9.17, 15) is 0 Å². The molecular weight excluding hydrogens is 176 g/mol. The summed E-state index contributed by atoms with van der Waals surface area (Å²) in [4.78, 5) is 8.15. The lowest BCUT2D eigenvalue weighted by molar-refractivity contribution is 1.23. The fraction of sp³-hybridized carbons (Fsp3) is 0. The highest BCUT2D eigenvalue weighted by Gasteiger charge is 1.97. The number of rotatable bonds is 2. The molecule has 0 fully saturated rings. The molecule has 3 N–H and O–H groups in total. The van der Waals surface area contributed by atoms with E-state index >= 15 is 0 Å². The van der Waals surface area contributed by atoms with E-state index in [1.165, 1.54) is 0 Å². The summed E-state index contributed by atoms with van der Waals surface area (Å²) >= 11 is 0. The van der Waals surface area contributed by atoms with Crippen LogP contribution in [0, 0.1) is 0 Å². The fourth-order valence-electron chi connectivity index (χ4n) is 1.18. The van der Waals surface area contributed by atoms with Crippen molar-refractivity contribution in [2.45, 2.75) is 0 Å². The second-order valence-electron chi connectivity index (χ2n) is 2.82. The van der Waals surface area contributed by atoms with Crippen molar-refractivity contribution in [3.05, 3.63) is 42.9 Å². The Morgan fingerprint density at radius 2 is 1.93 bits per heavy atom. The van der Waals surface area contributed by atoms with Crippen molar-refractivity contribution < 1.29 is 0 Å². The van der Waals surface area contributed by atoms with Crippen LogP contribution in [-0.2, 0) is 0 Å². The minimum Gasteiger partial charge on any atom is -0.308 e. The molecule has 2 aromatic rings. The van der Waals surface area contributed by atoms with Gasteiger partial charge < -0.3 is 5.43 Å². The summed E-state index contributed by atoms with van der Waals surface area (Å²) in [6.07, 6.45) is 5.30. The third-order valence-electron chi connectivity index (χ3n) is 1.91.